The van der Waals surface area contributed by atoms with Gasteiger partial charge in [-0.1, -0.05) is 19.4 Å². The summed E-state index contributed by atoms with van der Waals surface area (Å²) < 4.78 is 14.3. The average Bonchev–Trinajstić information content (AvgIpc) is 2.85. The van der Waals surface area contributed by atoms with Gasteiger partial charge in [0.25, 0.3) is 5.91 Å². The Morgan fingerprint density at radius 1 is 1.52 bits per heavy atom. The fraction of sp³-hybridized carbons (Fsp3) is 0.429. The highest BCUT2D eigenvalue weighted by Crippen LogP contribution is 2.34. The quantitative estimate of drug-likeness (QED) is 0.876. The summed E-state index contributed by atoms with van der Waals surface area (Å²) in [6.45, 7) is 1.97. The normalized spacial score (nSPS) is 21.6. The molecule has 0 radical (unpaired) electrons. The van der Waals surface area contributed by atoms with Crippen LogP contribution in [0.3, 0.4) is 0 Å². The summed E-state index contributed by atoms with van der Waals surface area (Å²) in [6.07, 6.45) is 1.52. The van der Waals surface area contributed by atoms with Crippen molar-refractivity contribution in [2.75, 3.05) is 5.75 Å². The van der Waals surface area contributed by atoms with Crippen molar-refractivity contribution in [3.05, 3.63) is 34.1 Å². The number of carbonyl (C=O) groups excluding carboxylic acids is 1. The standard InChI is InChI=1S/C14H15BrFNO3S/c1-2-4-11-17(10(7-21-11)14(19)20)13(18)8-5-3-6-9(15)12(8)16/h3,5-6,10-11H,2,4,7H2,1H3,(H,19,20). The predicted octanol–water partition coefficient (Wildman–Crippen LogP) is 3.36. The number of aliphatic carboxylic acids is 1. The molecule has 1 aliphatic rings. The molecule has 2 unspecified atom stereocenters. The number of thioether (sulfide) groups is 1. The third-order valence-corrected chi connectivity index (χ3v) is 5.30. The van der Waals surface area contributed by atoms with Crippen LogP contribution in [0.4, 0.5) is 4.39 Å². The zero-order valence-corrected chi connectivity index (χ0v) is 13.8. The Labute approximate surface area is 134 Å². The van der Waals surface area contributed by atoms with E-state index < -0.39 is 23.7 Å². The Kier molecular flexibility index (Phi) is 5.27. The summed E-state index contributed by atoms with van der Waals surface area (Å²) in [5.74, 6) is -1.94. The monoisotopic (exact) mass is 375 g/mol. The highest BCUT2D eigenvalue weighted by atomic mass is 79.9. The second kappa shape index (κ2) is 6.79. The van der Waals surface area contributed by atoms with Crippen LogP contribution in [0.2, 0.25) is 0 Å². The minimum Gasteiger partial charge on any atom is -0.480 e. The van der Waals surface area contributed by atoms with Crippen molar-refractivity contribution in [1.82, 2.24) is 4.90 Å². The minimum absolute atomic E-state index is 0.0979. The maximum atomic E-state index is 14.1. The van der Waals surface area contributed by atoms with Crippen LogP contribution in [0.25, 0.3) is 0 Å². The molecule has 1 saturated heterocycles. The Morgan fingerprint density at radius 2 is 2.24 bits per heavy atom. The van der Waals surface area contributed by atoms with E-state index in [0.29, 0.717) is 12.2 Å². The van der Waals surface area contributed by atoms with Crippen LogP contribution in [0.15, 0.2) is 22.7 Å². The zero-order chi connectivity index (χ0) is 15.6. The molecule has 2 atom stereocenters. The fourth-order valence-electron chi connectivity index (χ4n) is 2.30. The molecule has 2 rings (SSSR count). The third kappa shape index (κ3) is 3.23. The second-order valence-corrected chi connectivity index (χ2v) is 6.81. The summed E-state index contributed by atoms with van der Waals surface area (Å²) in [5, 5.41) is 9.06. The first-order valence-electron chi connectivity index (χ1n) is 6.58. The van der Waals surface area contributed by atoms with Crippen molar-refractivity contribution >= 4 is 39.6 Å². The first kappa shape index (κ1) is 16.3. The van der Waals surface area contributed by atoms with E-state index in [1.165, 1.54) is 28.8 Å². The lowest BCUT2D eigenvalue weighted by Crippen LogP contribution is -2.45. The minimum atomic E-state index is -1.05. The fourth-order valence-corrected chi connectivity index (χ4v) is 4.18. The molecule has 1 aliphatic heterocycles. The van der Waals surface area contributed by atoms with Gasteiger partial charge in [-0.05, 0) is 34.5 Å². The summed E-state index contributed by atoms with van der Waals surface area (Å²) in [4.78, 5) is 25.3. The maximum Gasteiger partial charge on any atom is 0.327 e. The summed E-state index contributed by atoms with van der Waals surface area (Å²) in [6, 6.07) is 3.54. The van der Waals surface area contributed by atoms with Crippen LogP contribution in [0.1, 0.15) is 30.1 Å². The van der Waals surface area contributed by atoms with Gasteiger partial charge in [-0.3, -0.25) is 4.79 Å². The number of amides is 1. The molecule has 1 aromatic rings. The summed E-state index contributed by atoms with van der Waals surface area (Å²) in [5.41, 5.74) is -0.0979. The van der Waals surface area contributed by atoms with E-state index in [4.69, 9.17) is 0 Å². The maximum absolute atomic E-state index is 14.1. The Balaban J connectivity index is 2.37. The Morgan fingerprint density at radius 3 is 2.86 bits per heavy atom. The molecule has 21 heavy (non-hydrogen) atoms. The molecule has 7 heteroatoms. The number of benzene rings is 1. The molecule has 4 nitrogen and oxygen atoms in total. The number of carboxylic acid groups (broad SMARTS) is 1. The van der Waals surface area contributed by atoms with Crippen LogP contribution in [-0.2, 0) is 4.79 Å². The molecule has 114 valence electrons. The summed E-state index contributed by atoms with van der Waals surface area (Å²) in [7, 11) is 0. The van der Waals surface area contributed by atoms with Gasteiger partial charge < -0.3 is 10.0 Å². The van der Waals surface area contributed by atoms with Gasteiger partial charge in [0.2, 0.25) is 0 Å². The van der Waals surface area contributed by atoms with E-state index in [1.807, 2.05) is 6.92 Å². The molecule has 1 heterocycles. The molecule has 1 N–H and O–H groups in total. The van der Waals surface area contributed by atoms with Crippen LogP contribution >= 0.6 is 27.7 Å². The number of nitrogens with zero attached hydrogens (tertiary/aromatic N) is 1. The van der Waals surface area contributed by atoms with Crippen molar-refractivity contribution < 1.29 is 19.1 Å². The van der Waals surface area contributed by atoms with E-state index in [9.17, 15) is 19.1 Å². The summed E-state index contributed by atoms with van der Waals surface area (Å²) >= 11 is 4.48. The topological polar surface area (TPSA) is 57.6 Å². The average molecular weight is 376 g/mol. The molecule has 0 saturated carbocycles. The van der Waals surface area contributed by atoms with Crippen molar-refractivity contribution in [3.8, 4) is 0 Å². The van der Waals surface area contributed by atoms with E-state index in [1.54, 1.807) is 6.07 Å². The molecule has 1 fully saturated rings. The van der Waals surface area contributed by atoms with Gasteiger partial charge in [-0.15, -0.1) is 11.8 Å². The Bertz CT molecular complexity index is 569. The lowest BCUT2D eigenvalue weighted by Gasteiger charge is -2.27. The Hall–Kier alpha value is -1.08. The first-order valence-corrected chi connectivity index (χ1v) is 8.42. The van der Waals surface area contributed by atoms with Gasteiger partial charge in [-0.25, -0.2) is 9.18 Å². The smallest absolute Gasteiger partial charge is 0.327 e. The SMILES string of the molecule is CCCC1SCC(C(=O)O)N1C(=O)c1cccc(Br)c1F. The van der Waals surface area contributed by atoms with E-state index in [0.717, 1.165) is 6.42 Å². The van der Waals surface area contributed by atoms with Crippen molar-refractivity contribution in [1.29, 1.82) is 0 Å². The van der Waals surface area contributed by atoms with Crippen LogP contribution in [0, 0.1) is 5.82 Å². The van der Waals surface area contributed by atoms with Gasteiger partial charge >= 0.3 is 5.97 Å². The largest absolute Gasteiger partial charge is 0.480 e. The number of carbonyl (C=O) groups is 2. The van der Waals surface area contributed by atoms with Crippen LogP contribution in [-0.4, -0.2) is 39.1 Å². The molecule has 0 bridgehead atoms. The number of rotatable bonds is 4. The van der Waals surface area contributed by atoms with E-state index in [2.05, 4.69) is 15.9 Å². The number of hydrogen-bond acceptors (Lipinski definition) is 3. The van der Waals surface area contributed by atoms with E-state index in [-0.39, 0.29) is 15.4 Å². The number of hydrogen-bond donors (Lipinski definition) is 1. The van der Waals surface area contributed by atoms with Gasteiger partial charge in [0.1, 0.15) is 11.9 Å². The van der Waals surface area contributed by atoms with Crippen LogP contribution < -0.4 is 0 Å². The van der Waals surface area contributed by atoms with Gasteiger partial charge in [-0.2, -0.15) is 0 Å². The van der Waals surface area contributed by atoms with Crippen molar-refractivity contribution in [3.63, 3.8) is 0 Å². The lowest BCUT2D eigenvalue weighted by atomic mass is 10.1. The van der Waals surface area contributed by atoms with Gasteiger partial charge in [0.05, 0.1) is 15.4 Å². The van der Waals surface area contributed by atoms with Gasteiger partial charge in [0, 0.05) is 5.75 Å². The zero-order valence-electron chi connectivity index (χ0n) is 11.4. The van der Waals surface area contributed by atoms with E-state index >= 15 is 0 Å². The van der Waals surface area contributed by atoms with Crippen molar-refractivity contribution in [2.45, 2.75) is 31.2 Å². The molecule has 0 aliphatic carbocycles. The van der Waals surface area contributed by atoms with Gasteiger partial charge in [0.15, 0.2) is 0 Å². The molecule has 0 aromatic heterocycles. The first-order chi connectivity index (χ1) is 9.97. The van der Waals surface area contributed by atoms with Crippen LogP contribution in [0.5, 0.6) is 0 Å². The number of halogens is 2. The second-order valence-electron chi connectivity index (χ2n) is 4.74. The molecule has 1 amide bonds. The highest BCUT2D eigenvalue weighted by Gasteiger charge is 2.42. The number of carboxylic acids is 1. The van der Waals surface area contributed by atoms with Crippen molar-refractivity contribution in [2.24, 2.45) is 0 Å². The molecular weight excluding hydrogens is 361 g/mol. The lowest BCUT2D eigenvalue weighted by molar-refractivity contribution is -0.141. The molecule has 0 spiro atoms. The molecular formula is C14H15BrFNO3S. The molecule has 1 aromatic carbocycles. The predicted molar refractivity (Wildman–Crippen MR) is 82.8 cm³/mol. The highest BCUT2D eigenvalue weighted by molar-refractivity contribution is 9.10. The third-order valence-electron chi connectivity index (χ3n) is 3.33.